The van der Waals surface area contributed by atoms with Gasteiger partial charge in [-0.25, -0.2) is 5.10 Å². The Hall–Kier alpha value is -1.76. The number of hydrogen-bond acceptors (Lipinski definition) is 3. The lowest BCUT2D eigenvalue weighted by molar-refractivity contribution is 0.871. The number of nitrogens with zero attached hydrogens (tertiary/aromatic N) is 3. The van der Waals surface area contributed by atoms with Gasteiger partial charge in [0.05, 0.1) is 6.21 Å². The summed E-state index contributed by atoms with van der Waals surface area (Å²) < 4.78 is 3.00. The van der Waals surface area contributed by atoms with Crippen molar-refractivity contribution in [3.63, 3.8) is 0 Å². The van der Waals surface area contributed by atoms with E-state index in [1.165, 1.54) is 0 Å². The first-order valence-electron chi connectivity index (χ1n) is 6.37. The maximum absolute atomic E-state index is 5.91. The second kappa shape index (κ2) is 6.56. The summed E-state index contributed by atoms with van der Waals surface area (Å²) in [4.78, 5) is 0. The van der Waals surface area contributed by atoms with Crippen LogP contribution in [0.25, 0.3) is 11.4 Å². The summed E-state index contributed by atoms with van der Waals surface area (Å²) in [7, 11) is 0. The highest BCUT2D eigenvalue weighted by atomic mass is 79.9. The third-order valence-corrected chi connectivity index (χ3v) is 3.93. The summed E-state index contributed by atoms with van der Waals surface area (Å²) in [6, 6.07) is 15.2. The molecule has 2 aromatic carbocycles. The van der Waals surface area contributed by atoms with Crippen LogP contribution in [0, 0.1) is 4.77 Å². The molecule has 0 aliphatic rings. The van der Waals surface area contributed by atoms with Crippen LogP contribution in [0.15, 0.2) is 58.1 Å². The first-order valence-corrected chi connectivity index (χ1v) is 7.95. The largest absolute Gasteiger partial charge is 0.250 e. The fourth-order valence-electron chi connectivity index (χ4n) is 1.90. The van der Waals surface area contributed by atoms with Crippen LogP contribution in [0.5, 0.6) is 0 Å². The molecule has 0 saturated carbocycles. The maximum Gasteiger partial charge on any atom is 0.216 e. The number of nitrogens with one attached hydrogen (secondary N) is 1. The quantitative estimate of drug-likeness (QED) is 0.508. The summed E-state index contributed by atoms with van der Waals surface area (Å²) >= 11 is 14.6. The van der Waals surface area contributed by atoms with Crippen molar-refractivity contribution < 1.29 is 0 Å². The zero-order valence-electron chi connectivity index (χ0n) is 11.2. The van der Waals surface area contributed by atoms with Crippen LogP contribution >= 0.6 is 39.7 Å². The van der Waals surface area contributed by atoms with Gasteiger partial charge in [0, 0.05) is 15.1 Å². The molecule has 0 spiro atoms. The van der Waals surface area contributed by atoms with Crippen molar-refractivity contribution in [3.8, 4) is 11.4 Å². The van der Waals surface area contributed by atoms with Crippen LogP contribution in [0.4, 0.5) is 0 Å². The Bertz CT molecular complexity index is 883. The lowest BCUT2D eigenvalue weighted by Gasteiger charge is -2.01. The molecule has 0 amide bonds. The highest BCUT2D eigenvalue weighted by Gasteiger charge is 2.07. The summed E-state index contributed by atoms with van der Waals surface area (Å²) in [5.74, 6) is 0.632. The van der Waals surface area contributed by atoms with Crippen LogP contribution < -0.4 is 0 Å². The molecular formula is C15H10BrClN4S. The number of halogens is 2. The van der Waals surface area contributed by atoms with E-state index in [4.69, 9.17) is 23.8 Å². The Balaban J connectivity index is 1.99. The summed E-state index contributed by atoms with van der Waals surface area (Å²) in [6.07, 6.45) is 1.73. The van der Waals surface area contributed by atoms with Gasteiger partial charge in [0.25, 0.3) is 0 Å². The van der Waals surface area contributed by atoms with Crippen molar-refractivity contribution in [2.45, 2.75) is 0 Å². The van der Waals surface area contributed by atoms with E-state index < -0.39 is 0 Å². The third-order valence-electron chi connectivity index (χ3n) is 2.92. The molecule has 3 rings (SSSR count). The van der Waals surface area contributed by atoms with E-state index in [9.17, 15) is 0 Å². The maximum atomic E-state index is 5.91. The zero-order chi connectivity index (χ0) is 15.5. The minimum absolute atomic E-state index is 0.427. The summed E-state index contributed by atoms with van der Waals surface area (Å²) in [6.45, 7) is 0. The van der Waals surface area contributed by atoms with Gasteiger partial charge in [0.15, 0.2) is 5.82 Å². The van der Waals surface area contributed by atoms with Crippen molar-refractivity contribution in [1.82, 2.24) is 14.9 Å². The monoisotopic (exact) mass is 392 g/mol. The van der Waals surface area contributed by atoms with E-state index in [1.54, 1.807) is 23.0 Å². The topological polar surface area (TPSA) is 46.0 Å². The lowest BCUT2D eigenvalue weighted by Crippen LogP contribution is -1.95. The minimum Gasteiger partial charge on any atom is -0.250 e. The molecule has 0 radical (unpaired) electrons. The molecule has 0 bridgehead atoms. The van der Waals surface area contributed by atoms with Gasteiger partial charge >= 0.3 is 0 Å². The van der Waals surface area contributed by atoms with Crippen molar-refractivity contribution >= 4 is 46.0 Å². The first kappa shape index (κ1) is 15.1. The zero-order valence-corrected chi connectivity index (χ0v) is 14.4. The fraction of sp³-hybridized carbons (Fsp3) is 0. The number of benzene rings is 2. The molecule has 1 aromatic heterocycles. The van der Waals surface area contributed by atoms with Gasteiger partial charge in [0.2, 0.25) is 4.77 Å². The molecule has 4 nitrogen and oxygen atoms in total. The Morgan fingerprint density at radius 3 is 2.73 bits per heavy atom. The smallest absolute Gasteiger partial charge is 0.216 e. The van der Waals surface area contributed by atoms with E-state index in [1.807, 2.05) is 36.4 Å². The summed E-state index contributed by atoms with van der Waals surface area (Å²) in [5.41, 5.74) is 1.84. The number of aromatic amines is 1. The molecule has 1 N–H and O–H groups in total. The first-order chi connectivity index (χ1) is 10.6. The number of aromatic nitrogens is 3. The SMILES string of the molecule is S=c1[nH]nc(-c2ccc(Cl)cc2)n1/N=C\c1cccc(Br)c1. The molecule has 0 saturated heterocycles. The predicted molar refractivity (Wildman–Crippen MR) is 95.0 cm³/mol. The molecule has 7 heteroatoms. The number of H-pyrrole nitrogens is 1. The van der Waals surface area contributed by atoms with Gasteiger partial charge in [0.1, 0.15) is 0 Å². The molecule has 0 aliphatic carbocycles. The fourth-order valence-corrected chi connectivity index (χ4v) is 2.62. The third kappa shape index (κ3) is 3.35. The molecule has 0 unspecified atom stereocenters. The molecule has 22 heavy (non-hydrogen) atoms. The average molecular weight is 394 g/mol. The van der Waals surface area contributed by atoms with Gasteiger partial charge in [-0.1, -0.05) is 39.7 Å². The normalized spacial score (nSPS) is 11.2. The highest BCUT2D eigenvalue weighted by Crippen LogP contribution is 2.20. The Morgan fingerprint density at radius 2 is 2.00 bits per heavy atom. The van der Waals surface area contributed by atoms with Crippen molar-refractivity contribution in [2.75, 3.05) is 0 Å². The van der Waals surface area contributed by atoms with Gasteiger partial charge < -0.3 is 0 Å². The van der Waals surface area contributed by atoms with Crippen molar-refractivity contribution in [3.05, 3.63) is 68.4 Å². The van der Waals surface area contributed by atoms with Crippen LogP contribution in [0.3, 0.4) is 0 Å². The molecule has 0 atom stereocenters. The highest BCUT2D eigenvalue weighted by molar-refractivity contribution is 9.10. The molecule has 0 fully saturated rings. The standard InChI is InChI=1S/C15H10BrClN4S/c16-12-3-1-2-10(8-12)9-18-21-14(19-20-15(21)22)11-4-6-13(17)7-5-11/h1-9H,(H,20,22)/b18-9-. The van der Waals surface area contributed by atoms with Crippen molar-refractivity contribution in [1.29, 1.82) is 0 Å². The van der Waals surface area contributed by atoms with Crippen LogP contribution in [-0.4, -0.2) is 21.1 Å². The van der Waals surface area contributed by atoms with Gasteiger partial charge in [-0.15, -0.1) is 0 Å². The second-order valence-corrected chi connectivity index (χ2v) is 6.21. The predicted octanol–water partition coefficient (Wildman–Crippen LogP) is 4.91. The van der Waals surface area contributed by atoms with Gasteiger partial charge in [-0.2, -0.15) is 14.9 Å². The molecule has 0 aliphatic heterocycles. The molecule has 3 aromatic rings. The van der Waals surface area contributed by atoms with Gasteiger partial charge in [-0.05, 0) is 54.2 Å². The Labute approximate surface area is 145 Å². The Morgan fingerprint density at radius 1 is 1.23 bits per heavy atom. The van der Waals surface area contributed by atoms with Crippen molar-refractivity contribution in [2.24, 2.45) is 5.10 Å². The van der Waals surface area contributed by atoms with E-state index in [0.29, 0.717) is 15.6 Å². The lowest BCUT2D eigenvalue weighted by atomic mass is 10.2. The number of hydrogen-bond donors (Lipinski definition) is 1. The minimum atomic E-state index is 0.427. The summed E-state index contributed by atoms with van der Waals surface area (Å²) in [5, 5.41) is 12.1. The molecular weight excluding hydrogens is 384 g/mol. The van der Waals surface area contributed by atoms with Crippen LogP contribution in [0.2, 0.25) is 5.02 Å². The van der Waals surface area contributed by atoms with E-state index in [0.717, 1.165) is 15.6 Å². The van der Waals surface area contributed by atoms with Crippen LogP contribution in [-0.2, 0) is 0 Å². The van der Waals surface area contributed by atoms with E-state index >= 15 is 0 Å². The van der Waals surface area contributed by atoms with E-state index in [-0.39, 0.29) is 0 Å². The van der Waals surface area contributed by atoms with Crippen LogP contribution in [0.1, 0.15) is 5.56 Å². The molecule has 110 valence electrons. The average Bonchev–Trinajstić information content (AvgIpc) is 2.87. The molecule has 1 heterocycles. The van der Waals surface area contributed by atoms with E-state index in [2.05, 4.69) is 31.2 Å². The Kier molecular flexibility index (Phi) is 4.52. The number of rotatable bonds is 3. The second-order valence-electron chi connectivity index (χ2n) is 4.47. The van der Waals surface area contributed by atoms with Gasteiger partial charge in [-0.3, -0.25) is 0 Å².